The van der Waals surface area contributed by atoms with Crippen LogP contribution in [0, 0.1) is 5.92 Å². The summed E-state index contributed by atoms with van der Waals surface area (Å²) in [6.45, 7) is 6.02. The summed E-state index contributed by atoms with van der Waals surface area (Å²) in [5.41, 5.74) is 0.343. The summed E-state index contributed by atoms with van der Waals surface area (Å²) in [5, 5.41) is 0. The van der Waals surface area contributed by atoms with Gasteiger partial charge in [-0.3, -0.25) is 4.79 Å². The first kappa shape index (κ1) is 16.7. The number of benzene rings is 1. The molecule has 122 valence electrons. The lowest BCUT2D eigenvalue weighted by molar-refractivity contribution is -0.117. The van der Waals surface area contributed by atoms with Gasteiger partial charge in [0.25, 0.3) is 0 Å². The topological polar surface area (TPSA) is 63.7 Å². The minimum absolute atomic E-state index is 0.0450. The molecule has 0 saturated carbocycles. The molecule has 1 fully saturated rings. The van der Waals surface area contributed by atoms with E-state index in [1.165, 1.54) is 4.90 Å². The summed E-state index contributed by atoms with van der Waals surface area (Å²) in [4.78, 5) is 13.4. The molecule has 1 saturated heterocycles. The highest BCUT2D eigenvalue weighted by Gasteiger charge is 2.33. The molecule has 7 heteroatoms. The molecule has 2 rings (SSSR count). The summed E-state index contributed by atoms with van der Waals surface area (Å²) < 4.78 is 39.8. The lowest BCUT2D eigenvalue weighted by Gasteiger charge is -2.22. The monoisotopic (exact) mass is 329 g/mol. The number of carbonyl (C=O) groups excluding carboxylic acids is 1. The largest absolute Gasteiger partial charge is 0.488 e. The zero-order valence-corrected chi connectivity index (χ0v) is 13.7. The quantitative estimate of drug-likeness (QED) is 0.796. The van der Waals surface area contributed by atoms with Gasteiger partial charge in [-0.1, -0.05) is 0 Å². The van der Waals surface area contributed by atoms with E-state index in [-0.39, 0.29) is 24.5 Å². The molecule has 0 bridgehead atoms. The average Bonchev–Trinajstić information content (AvgIpc) is 2.66. The maximum Gasteiger partial charge on any atom is 0.302 e. The van der Waals surface area contributed by atoms with Crippen LogP contribution in [0.1, 0.15) is 27.2 Å². The van der Waals surface area contributed by atoms with Crippen molar-refractivity contribution in [3.8, 4) is 5.75 Å². The van der Waals surface area contributed by atoms with Crippen molar-refractivity contribution in [2.75, 3.05) is 17.2 Å². The molecule has 1 aliphatic rings. The zero-order chi connectivity index (χ0) is 16.5. The van der Waals surface area contributed by atoms with Crippen molar-refractivity contribution >= 4 is 21.8 Å². The van der Waals surface area contributed by atoms with E-state index in [0.29, 0.717) is 11.4 Å². The second-order valence-electron chi connectivity index (χ2n) is 6.49. The van der Waals surface area contributed by atoms with Gasteiger partial charge in [-0.05, 0) is 45.0 Å². The van der Waals surface area contributed by atoms with Crippen molar-refractivity contribution in [2.24, 2.45) is 5.92 Å². The molecule has 1 atom stereocenters. The third-order valence-electron chi connectivity index (χ3n) is 3.21. The third-order valence-corrected chi connectivity index (χ3v) is 4.08. The molecule has 5 nitrogen and oxygen atoms in total. The molecular formula is C15H20FNO4S. The fourth-order valence-corrected chi connectivity index (χ4v) is 3.26. The highest BCUT2D eigenvalue weighted by atomic mass is 32.3. The number of anilines is 1. The van der Waals surface area contributed by atoms with E-state index >= 15 is 0 Å². The fourth-order valence-electron chi connectivity index (χ4n) is 2.47. The summed E-state index contributed by atoms with van der Waals surface area (Å²) in [5.74, 6) is -0.627. The van der Waals surface area contributed by atoms with Gasteiger partial charge in [0.05, 0.1) is 5.75 Å². The van der Waals surface area contributed by atoms with Crippen molar-refractivity contribution in [1.82, 2.24) is 0 Å². The van der Waals surface area contributed by atoms with E-state index in [1.807, 2.05) is 20.8 Å². The van der Waals surface area contributed by atoms with Gasteiger partial charge in [0.1, 0.15) is 11.4 Å². The van der Waals surface area contributed by atoms with E-state index in [1.54, 1.807) is 24.3 Å². The Kier molecular flexibility index (Phi) is 4.47. The van der Waals surface area contributed by atoms with Crippen molar-refractivity contribution in [3.63, 3.8) is 0 Å². The maximum absolute atomic E-state index is 12.7. The number of nitrogens with zero attached hydrogens (tertiary/aromatic N) is 1. The number of hydrogen-bond donors (Lipinski definition) is 0. The molecular weight excluding hydrogens is 309 g/mol. The lowest BCUT2D eigenvalue weighted by atomic mass is 10.1. The molecule has 1 unspecified atom stereocenters. The first-order valence-corrected chi connectivity index (χ1v) is 8.60. The Balaban J connectivity index is 2.07. The van der Waals surface area contributed by atoms with Crippen LogP contribution in [-0.4, -0.2) is 32.2 Å². The van der Waals surface area contributed by atoms with Crippen molar-refractivity contribution < 1.29 is 21.8 Å². The van der Waals surface area contributed by atoms with E-state index < -0.39 is 21.9 Å². The number of ether oxygens (including phenoxy) is 1. The zero-order valence-electron chi connectivity index (χ0n) is 12.9. The summed E-state index contributed by atoms with van der Waals surface area (Å²) in [7, 11) is -4.56. The highest BCUT2D eigenvalue weighted by molar-refractivity contribution is 7.86. The van der Waals surface area contributed by atoms with E-state index in [9.17, 15) is 17.1 Å². The molecule has 1 heterocycles. The van der Waals surface area contributed by atoms with Crippen LogP contribution >= 0.6 is 0 Å². The molecule has 0 aliphatic carbocycles. The van der Waals surface area contributed by atoms with Gasteiger partial charge in [-0.25, -0.2) is 0 Å². The standard InChI is InChI=1S/C15H20FNO4S/c1-15(2,3)21-13-6-4-12(5-7-13)17-9-11(8-14(17)18)10-22(16,19)20/h4-7,11H,8-10H2,1-3H3. The molecule has 0 aromatic heterocycles. The number of halogens is 1. The van der Waals surface area contributed by atoms with Crippen LogP contribution in [0.15, 0.2) is 24.3 Å². The first-order valence-electron chi connectivity index (χ1n) is 7.05. The molecule has 1 aromatic rings. The lowest BCUT2D eigenvalue weighted by Crippen LogP contribution is -2.25. The molecule has 0 spiro atoms. The molecule has 1 aliphatic heterocycles. The minimum atomic E-state index is -4.56. The van der Waals surface area contributed by atoms with Gasteiger partial charge < -0.3 is 9.64 Å². The van der Waals surface area contributed by atoms with Crippen molar-refractivity contribution in [2.45, 2.75) is 32.8 Å². The van der Waals surface area contributed by atoms with Crippen LogP contribution in [0.25, 0.3) is 0 Å². The number of carbonyl (C=O) groups is 1. The fraction of sp³-hybridized carbons (Fsp3) is 0.533. The highest BCUT2D eigenvalue weighted by Crippen LogP contribution is 2.28. The Bertz CT molecular complexity index is 649. The Labute approximate surface area is 130 Å². The molecule has 0 radical (unpaired) electrons. The van der Waals surface area contributed by atoms with E-state index in [4.69, 9.17) is 4.74 Å². The van der Waals surface area contributed by atoms with Gasteiger partial charge >= 0.3 is 10.2 Å². The minimum Gasteiger partial charge on any atom is -0.488 e. The average molecular weight is 329 g/mol. The normalized spacial score (nSPS) is 19.5. The van der Waals surface area contributed by atoms with Crippen LogP contribution < -0.4 is 9.64 Å². The smallest absolute Gasteiger partial charge is 0.302 e. The molecule has 22 heavy (non-hydrogen) atoms. The van der Waals surface area contributed by atoms with Gasteiger partial charge in [-0.15, -0.1) is 3.89 Å². The van der Waals surface area contributed by atoms with Crippen LogP contribution in [-0.2, 0) is 15.0 Å². The Morgan fingerprint density at radius 3 is 2.36 bits per heavy atom. The molecule has 1 aromatic carbocycles. The van der Waals surface area contributed by atoms with Crippen LogP contribution in [0.4, 0.5) is 9.57 Å². The van der Waals surface area contributed by atoms with Crippen LogP contribution in [0.3, 0.4) is 0 Å². The van der Waals surface area contributed by atoms with E-state index in [2.05, 4.69) is 0 Å². The van der Waals surface area contributed by atoms with Crippen LogP contribution in [0.2, 0.25) is 0 Å². The maximum atomic E-state index is 12.7. The number of amides is 1. The van der Waals surface area contributed by atoms with Crippen molar-refractivity contribution in [3.05, 3.63) is 24.3 Å². The SMILES string of the molecule is CC(C)(C)Oc1ccc(N2CC(CS(=O)(=O)F)CC2=O)cc1. The molecule has 1 amide bonds. The van der Waals surface area contributed by atoms with E-state index in [0.717, 1.165) is 0 Å². The van der Waals surface area contributed by atoms with Gasteiger partial charge in [0.2, 0.25) is 5.91 Å². The molecule has 0 N–H and O–H groups in total. The Morgan fingerprint density at radius 2 is 1.86 bits per heavy atom. The second kappa shape index (κ2) is 5.87. The second-order valence-corrected chi connectivity index (χ2v) is 7.90. The summed E-state index contributed by atoms with van der Waals surface area (Å²) in [6.07, 6.45) is 0.0450. The van der Waals surface area contributed by atoms with Gasteiger partial charge in [0.15, 0.2) is 0 Å². The van der Waals surface area contributed by atoms with Crippen LogP contribution in [0.5, 0.6) is 5.75 Å². The summed E-state index contributed by atoms with van der Waals surface area (Å²) in [6, 6.07) is 7.00. The van der Waals surface area contributed by atoms with Crippen molar-refractivity contribution in [1.29, 1.82) is 0 Å². The number of rotatable bonds is 4. The predicted octanol–water partition coefficient (Wildman–Crippen LogP) is 2.52. The van der Waals surface area contributed by atoms with Gasteiger partial charge in [0, 0.05) is 24.6 Å². The first-order chi connectivity index (χ1) is 10.0. The number of hydrogen-bond acceptors (Lipinski definition) is 4. The Morgan fingerprint density at radius 1 is 1.27 bits per heavy atom. The van der Waals surface area contributed by atoms with Gasteiger partial charge in [-0.2, -0.15) is 8.42 Å². The predicted molar refractivity (Wildman–Crippen MR) is 82.2 cm³/mol. The Hall–Kier alpha value is -1.63. The third kappa shape index (κ3) is 4.69. The summed E-state index contributed by atoms with van der Waals surface area (Å²) >= 11 is 0.